The first-order chi connectivity index (χ1) is 29.9. The molecule has 5 atom stereocenters. The Morgan fingerprint density at radius 1 is 1.06 bits per heavy atom. The molecular weight excluding hydrogens is 830 g/mol. The normalized spacial score (nSPS) is 21.4. The van der Waals surface area contributed by atoms with Crippen LogP contribution >= 0.6 is 0 Å². The van der Waals surface area contributed by atoms with Gasteiger partial charge in [0, 0.05) is 29.0 Å². The number of anilines is 1. The third-order valence-electron chi connectivity index (χ3n) is 11.5. The van der Waals surface area contributed by atoms with E-state index in [9.17, 15) is 32.5 Å². The number of hydrogen-bond donors (Lipinski definition) is 3. The van der Waals surface area contributed by atoms with Gasteiger partial charge in [-0.05, 0) is 105 Å². The summed E-state index contributed by atoms with van der Waals surface area (Å²) in [5.74, 6) is -2.22. The van der Waals surface area contributed by atoms with Gasteiger partial charge in [0.15, 0.2) is 5.82 Å². The van der Waals surface area contributed by atoms with Crippen molar-refractivity contribution in [3.05, 3.63) is 90.8 Å². The Kier molecular flexibility index (Phi) is 11.2. The molecule has 3 heterocycles. The van der Waals surface area contributed by atoms with Crippen molar-refractivity contribution in [3.63, 3.8) is 0 Å². The largest absolute Gasteiger partial charge is 0.491 e. The number of rotatable bonds is 14. The molecule has 3 aliphatic rings. The SMILES string of the molecule is C=C[C@@H]1C[C@]1(NC(=O)[C@@H]1C[C@@H](Oc2nc(-c3ccc(OC(C)C)cc3)nc3c2oc2ccc(F)cc23)CN1C(=O)[C@@H](Nc1ccc(C#N)cc1)C(C)(C)C)C(=O)NS(=O)(=O)C1CC1. The average Bonchev–Trinajstić information content (AvgIpc) is 4.15. The molecule has 0 spiro atoms. The van der Waals surface area contributed by atoms with Gasteiger partial charge in [0.1, 0.15) is 46.4 Å². The van der Waals surface area contributed by atoms with Crippen molar-refractivity contribution >= 4 is 55.5 Å². The molecule has 0 radical (unpaired) electrons. The first-order valence-corrected chi connectivity index (χ1v) is 22.3. The quantitative estimate of drug-likeness (QED) is 0.104. The second kappa shape index (κ2) is 16.3. The molecule has 17 heteroatoms. The van der Waals surface area contributed by atoms with E-state index in [0.717, 1.165) is 0 Å². The molecule has 3 N–H and O–H groups in total. The van der Waals surface area contributed by atoms with Gasteiger partial charge in [0.25, 0.3) is 11.8 Å². The highest BCUT2D eigenvalue weighted by Gasteiger charge is 2.62. The number of hydrogen-bond acceptors (Lipinski definition) is 12. The maximum atomic E-state index is 14.9. The van der Waals surface area contributed by atoms with Crippen LogP contribution in [0.25, 0.3) is 33.5 Å². The number of sulfonamides is 1. The maximum Gasteiger partial charge on any atom is 0.262 e. The fourth-order valence-corrected chi connectivity index (χ4v) is 9.29. The van der Waals surface area contributed by atoms with Crippen LogP contribution in [0.2, 0.25) is 0 Å². The van der Waals surface area contributed by atoms with Crippen molar-refractivity contribution in [2.24, 2.45) is 11.3 Å². The van der Waals surface area contributed by atoms with Crippen LogP contribution in [0.15, 0.2) is 83.8 Å². The highest BCUT2D eigenvalue weighted by atomic mass is 32.2. The Morgan fingerprint density at radius 2 is 1.78 bits per heavy atom. The Labute approximate surface area is 364 Å². The molecule has 5 aromatic rings. The lowest BCUT2D eigenvalue weighted by Gasteiger charge is -2.36. The Hall–Kier alpha value is -6.54. The molecule has 0 bridgehead atoms. The van der Waals surface area contributed by atoms with Gasteiger partial charge in [-0.1, -0.05) is 26.8 Å². The van der Waals surface area contributed by atoms with Gasteiger partial charge in [-0.2, -0.15) is 10.2 Å². The molecule has 2 saturated carbocycles. The molecule has 3 fully saturated rings. The van der Waals surface area contributed by atoms with Crippen molar-refractivity contribution in [1.82, 2.24) is 24.9 Å². The summed E-state index contributed by atoms with van der Waals surface area (Å²) in [5.41, 5.74) is 0.00951. The van der Waals surface area contributed by atoms with Crippen molar-refractivity contribution < 1.29 is 41.1 Å². The second-order valence-electron chi connectivity index (χ2n) is 17.8. The number of carbonyl (C=O) groups excluding carboxylic acids is 3. The molecule has 8 rings (SSSR count). The van der Waals surface area contributed by atoms with Gasteiger partial charge in [0.2, 0.25) is 27.4 Å². The number of halogens is 1. The van der Waals surface area contributed by atoms with E-state index in [-0.39, 0.29) is 48.3 Å². The van der Waals surface area contributed by atoms with Crippen LogP contribution in [-0.2, 0) is 24.4 Å². The second-order valence-corrected chi connectivity index (χ2v) is 19.7. The van der Waals surface area contributed by atoms with E-state index in [0.29, 0.717) is 46.4 Å². The third kappa shape index (κ3) is 8.77. The van der Waals surface area contributed by atoms with Gasteiger partial charge in [-0.25, -0.2) is 17.8 Å². The molecule has 3 aromatic carbocycles. The summed E-state index contributed by atoms with van der Waals surface area (Å²) in [4.78, 5) is 54.2. The summed E-state index contributed by atoms with van der Waals surface area (Å²) in [6.07, 6.45) is 1.47. The monoisotopic (exact) mass is 877 g/mol. The number of likely N-dealkylation sites (tertiary alicyclic amines) is 1. The maximum absolute atomic E-state index is 14.9. The molecule has 1 saturated heterocycles. The van der Waals surface area contributed by atoms with Crippen molar-refractivity contribution in [2.45, 2.75) is 95.4 Å². The van der Waals surface area contributed by atoms with Crippen LogP contribution < -0.4 is 24.8 Å². The van der Waals surface area contributed by atoms with E-state index in [2.05, 4.69) is 28.0 Å². The third-order valence-corrected chi connectivity index (χ3v) is 13.4. The predicted octanol–water partition coefficient (Wildman–Crippen LogP) is 6.39. The minimum atomic E-state index is -3.95. The van der Waals surface area contributed by atoms with E-state index >= 15 is 0 Å². The first kappa shape index (κ1) is 43.1. The molecule has 15 nitrogen and oxygen atoms in total. The zero-order chi connectivity index (χ0) is 45.0. The minimum Gasteiger partial charge on any atom is -0.491 e. The van der Waals surface area contributed by atoms with Gasteiger partial charge in [-0.3, -0.25) is 19.1 Å². The molecule has 1 aliphatic heterocycles. The molecule has 328 valence electrons. The Morgan fingerprint density at radius 3 is 2.40 bits per heavy atom. The van der Waals surface area contributed by atoms with Crippen LogP contribution in [0, 0.1) is 28.5 Å². The number of ether oxygens (including phenoxy) is 2. The number of nitrogens with zero attached hydrogens (tertiary/aromatic N) is 4. The number of nitrogens with one attached hydrogen (secondary N) is 3. The lowest BCUT2D eigenvalue weighted by Crippen LogP contribution is -2.58. The van der Waals surface area contributed by atoms with Gasteiger partial charge < -0.3 is 29.4 Å². The zero-order valence-electron chi connectivity index (χ0n) is 35.5. The minimum absolute atomic E-state index is 0.00861. The first-order valence-electron chi connectivity index (χ1n) is 20.8. The summed E-state index contributed by atoms with van der Waals surface area (Å²) in [7, 11) is -3.95. The summed E-state index contributed by atoms with van der Waals surface area (Å²) in [5, 5.41) is 15.2. The zero-order valence-corrected chi connectivity index (χ0v) is 36.3. The summed E-state index contributed by atoms with van der Waals surface area (Å²) in [6.45, 7) is 13.1. The lowest BCUT2D eigenvalue weighted by atomic mass is 9.85. The van der Waals surface area contributed by atoms with E-state index in [1.165, 1.54) is 29.2 Å². The average molecular weight is 878 g/mol. The van der Waals surface area contributed by atoms with Crippen LogP contribution in [-0.4, -0.2) is 82.6 Å². The highest BCUT2D eigenvalue weighted by molar-refractivity contribution is 7.91. The Balaban J connectivity index is 1.15. The number of nitriles is 1. The van der Waals surface area contributed by atoms with E-state index in [4.69, 9.17) is 23.9 Å². The molecule has 63 heavy (non-hydrogen) atoms. The summed E-state index contributed by atoms with van der Waals surface area (Å²) in [6, 6.07) is 17.8. The molecular formula is C46H48FN7O8S. The fourth-order valence-electron chi connectivity index (χ4n) is 7.93. The number of carbonyl (C=O) groups is 3. The van der Waals surface area contributed by atoms with Crippen LogP contribution in [0.4, 0.5) is 10.1 Å². The lowest BCUT2D eigenvalue weighted by molar-refractivity contribution is -0.141. The topological polar surface area (TPSA) is 206 Å². The standard InChI is InChI=1S/C46H48FN7O8S/c1-7-28-22-46(28,44(57)53-63(58,59)33-17-18-33)52-41(55)35-21-32(24-54(35)43(56)39(45(4,5)6)49-30-13-8-26(23-48)9-14-30)61-42-38-37(34-20-29(47)12-19-36(34)62-38)50-40(51-42)27-10-15-31(16-11-27)60-25(2)3/h7-16,19-20,25,28,32-33,35,39,49H,1,17-18,21-22,24H2,2-6H3,(H,52,55)(H,53,57)/t28-,32-,35+,39-,46-/m1/s1. The summed E-state index contributed by atoms with van der Waals surface area (Å²) < 4.78 is 61.2. The van der Waals surface area contributed by atoms with Gasteiger partial charge >= 0.3 is 0 Å². The molecule has 2 aromatic heterocycles. The molecule has 3 amide bonds. The van der Waals surface area contributed by atoms with Crippen molar-refractivity contribution in [3.8, 4) is 29.1 Å². The number of fused-ring (bicyclic) bond motifs is 3. The van der Waals surface area contributed by atoms with E-state index in [1.54, 1.807) is 48.5 Å². The van der Waals surface area contributed by atoms with Gasteiger partial charge in [-0.15, -0.1) is 6.58 Å². The summed E-state index contributed by atoms with van der Waals surface area (Å²) >= 11 is 0. The molecule has 2 aliphatic carbocycles. The Bertz CT molecular complexity index is 2780. The molecule has 0 unspecified atom stereocenters. The van der Waals surface area contributed by atoms with Crippen molar-refractivity contribution in [1.29, 1.82) is 5.26 Å². The number of aromatic nitrogens is 2. The van der Waals surface area contributed by atoms with E-state index < -0.39 is 73.9 Å². The van der Waals surface area contributed by atoms with Crippen LogP contribution in [0.5, 0.6) is 11.6 Å². The highest BCUT2D eigenvalue weighted by Crippen LogP contribution is 2.46. The fraction of sp³-hybridized carbons (Fsp3) is 0.391. The number of benzene rings is 3. The van der Waals surface area contributed by atoms with Crippen LogP contribution in [0.1, 0.15) is 65.9 Å². The smallest absolute Gasteiger partial charge is 0.262 e. The van der Waals surface area contributed by atoms with E-state index in [1.807, 2.05) is 34.6 Å². The number of furan rings is 1. The van der Waals surface area contributed by atoms with Crippen LogP contribution in [0.3, 0.4) is 0 Å². The predicted molar refractivity (Wildman–Crippen MR) is 232 cm³/mol. The number of amides is 3. The van der Waals surface area contributed by atoms with Crippen molar-refractivity contribution in [2.75, 3.05) is 11.9 Å². The van der Waals surface area contributed by atoms with Gasteiger partial charge in [0.05, 0.1) is 29.5 Å².